The summed E-state index contributed by atoms with van der Waals surface area (Å²) in [6.45, 7) is 1.95. The Kier molecular flexibility index (Phi) is 6.33. The highest BCUT2D eigenvalue weighted by Crippen LogP contribution is 2.23. The predicted molar refractivity (Wildman–Crippen MR) is 108 cm³/mol. The van der Waals surface area contributed by atoms with E-state index in [2.05, 4.69) is 15.8 Å². The van der Waals surface area contributed by atoms with Crippen molar-refractivity contribution in [1.82, 2.24) is 15.8 Å². The summed E-state index contributed by atoms with van der Waals surface area (Å²) in [5.41, 5.74) is 7.90. The number of benzene rings is 2. The average molecular weight is 397 g/mol. The molecule has 8 heteroatoms. The topological polar surface area (TPSA) is 93.5 Å². The van der Waals surface area contributed by atoms with Gasteiger partial charge in [-0.3, -0.25) is 20.4 Å². The summed E-state index contributed by atoms with van der Waals surface area (Å²) < 4.78 is 10.8. The molecule has 2 N–H and O–H groups in total. The van der Waals surface area contributed by atoms with Gasteiger partial charge >= 0.3 is 0 Å². The van der Waals surface area contributed by atoms with Gasteiger partial charge in [-0.25, -0.2) is 4.98 Å². The average Bonchev–Trinajstić information content (AvgIpc) is 3.12. The number of aryl methyl sites for hydroxylation is 1. The van der Waals surface area contributed by atoms with Gasteiger partial charge in [0.15, 0.2) is 5.58 Å². The first-order valence-electron chi connectivity index (χ1n) is 8.45. The van der Waals surface area contributed by atoms with Crippen LogP contribution in [-0.2, 0) is 9.59 Å². The van der Waals surface area contributed by atoms with E-state index in [4.69, 9.17) is 9.15 Å². The summed E-state index contributed by atoms with van der Waals surface area (Å²) in [6, 6.07) is 13.0. The van der Waals surface area contributed by atoms with Gasteiger partial charge in [-0.05, 0) is 37.3 Å². The molecule has 0 fully saturated rings. The number of rotatable bonds is 6. The maximum Gasteiger partial charge on any atom is 0.262 e. The molecule has 0 aliphatic rings. The first-order valence-corrected chi connectivity index (χ1v) is 9.43. The van der Waals surface area contributed by atoms with E-state index in [1.807, 2.05) is 49.4 Å². The van der Waals surface area contributed by atoms with Gasteiger partial charge in [0.1, 0.15) is 11.3 Å². The van der Waals surface area contributed by atoms with Gasteiger partial charge in [-0.15, -0.1) is 0 Å². The van der Waals surface area contributed by atoms with Gasteiger partial charge in [-0.2, -0.15) is 0 Å². The van der Waals surface area contributed by atoms with Crippen molar-refractivity contribution in [2.45, 2.75) is 12.1 Å². The Hall–Kier alpha value is -3.26. The molecule has 0 aliphatic heterocycles. The number of aromatic nitrogens is 1. The lowest BCUT2D eigenvalue weighted by atomic mass is 10.1. The Bertz CT molecular complexity index is 996. The maximum absolute atomic E-state index is 11.9. The van der Waals surface area contributed by atoms with E-state index >= 15 is 0 Å². The number of hydrazine groups is 1. The minimum absolute atomic E-state index is 0.0581. The molecular formula is C20H19N3O4S. The summed E-state index contributed by atoms with van der Waals surface area (Å²) in [5, 5.41) is 0.397. The number of nitrogens with one attached hydrogen (secondary N) is 2. The standard InChI is InChI=1S/C20H19N3O4S/c1-13-7-9-16(26-2)14(11-13)8-10-18(24)22-23-19(25)12-28-20-21-15-5-3-4-6-17(15)27-20/h3-11H,12H2,1-2H3,(H,22,24)(H,23,25)/b10-8+. The van der Waals surface area contributed by atoms with E-state index in [1.54, 1.807) is 13.2 Å². The second-order valence-corrected chi connectivity index (χ2v) is 6.78. The van der Waals surface area contributed by atoms with Crippen LogP contribution in [0.15, 0.2) is 58.2 Å². The molecule has 0 unspecified atom stereocenters. The highest BCUT2D eigenvalue weighted by molar-refractivity contribution is 7.99. The summed E-state index contributed by atoms with van der Waals surface area (Å²) in [7, 11) is 1.57. The third-order valence-electron chi connectivity index (χ3n) is 3.73. The Balaban J connectivity index is 1.47. The summed E-state index contributed by atoms with van der Waals surface area (Å²) in [4.78, 5) is 28.1. The first-order chi connectivity index (χ1) is 13.5. The molecule has 2 aromatic carbocycles. The van der Waals surface area contributed by atoms with Crippen molar-refractivity contribution in [3.05, 3.63) is 59.7 Å². The molecule has 0 spiro atoms. The lowest BCUT2D eigenvalue weighted by molar-refractivity contribution is -0.125. The summed E-state index contributed by atoms with van der Waals surface area (Å²) in [6.07, 6.45) is 2.95. The number of thioether (sulfide) groups is 1. The Morgan fingerprint density at radius 2 is 2.04 bits per heavy atom. The molecule has 0 atom stereocenters. The zero-order valence-corrected chi connectivity index (χ0v) is 16.2. The monoisotopic (exact) mass is 397 g/mol. The number of para-hydroxylation sites is 2. The number of amides is 2. The van der Waals surface area contributed by atoms with Crippen LogP contribution in [-0.4, -0.2) is 29.7 Å². The number of carbonyl (C=O) groups excluding carboxylic acids is 2. The van der Waals surface area contributed by atoms with E-state index in [1.165, 1.54) is 6.08 Å². The van der Waals surface area contributed by atoms with E-state index in [0.717, 1.165) is 28.4 Å². The van der Waals surface area contributed by atoms with Crippen LogP contribution in [0.5, 0.6) is 5.75 Å². The predicted octanol–water partition coefficient (Wildman–Crippen LogP) is 3.10. The van der Waals surface area contributed by atoms with Gasteiger partial charge in [0.25, 0.3) is 11.1 Å². The van der Waals surface area contributed by atoms with Crippen molar-refractivity contribution in [2.75, 3.05) is 12.9 Å². The number of nitrogens with zero attached hydrogens (tertiary/aromatic N) is 1. The quantitative estimate of drug-likeness (QED) is 0.377. The number of carbonyl (C=O) groups is 2. The second-order valence-electron chi connectivity index (χ2n) is 5.85. The van der Waals surface area contributed by atoms with Crippen molar-refractivity contribution < 1.29 is 18.7 Å². The first kappa shape index (κ1) is 19.5. The maximum atomic E-state index is 11.9. The smallest absolute Gasteiger partial charge is 0.262 e. The third-order valence-corrected chi connectivity index (χ3v) is 4.55. The normalized spacial score (nSPS) is 10.9. The molecule has 2 amide bonds. The molecule has 144 valence electrons. The number of hydrogen-bond donors (Lipinski definition) is 2. The molecule has 0 saturated carbocycles. The van der Waals surface area contributed by atoms with Gasteiger partial charge in [-0.1, -0.05) is 35.5 Å². The van der Waals surface area contributed by atoms with Crippen molar-refractivity contribution in [3.63, 3.8) is 0 Å². The van der Waals surface area contributed by atoms with E-state index in [0.29, 0.717) is 16.6 Å². The molecule has 0 bridgehead atoms. The summed E-state index contributed by atoms with van der Waals surface area (Å²) in [5.74, 6) is -0.109. The zero-order valence-electron chi connectivity index (χ0n) is 15.4. The van der Waals surface area contributed by atoms with Crippen LogP contribution in [0.1, 0.15) is 11.1 Å². The minimum atomic E-state index is -0.455. The van der Waals surface area contributed by atoms with Crippen LogP contribution in [0, 0.1) is 6.92 Å². The summed E-state index contributed by atoms with van der Waals surface area (Å²) >= 11 is 1.15. The minimum Gasteiger partial charge on any atom is -0.496 e. The fourth-order valence-corrected chi connectivity index (χ4v) is 3.04. The molecular weight excluding hydrogens is 378 g/mol. The second kappa shape index (κ2) is 9.09. The van der Waals surface area contributed by atoms with Crippen LogP contribution >= 0.6 is 11.8 Å². The highest BCUT2D eigenvalue weighted by Gasteiger charge is 2.09. The number of oxazole rings is 1. The number of fused-ring (bicyclic) bond motifs is 1. The molecule has 28 heavy (non-hydrogen) atoms. The fraction of sp³-hybridized carbons (Fsp3) is 0.150. The largest absolute Gasteiger partial charge is 0.496 e. The fourth-order valence-electron chi connectivity index (χ4n) is 2.40. The van der Waals surface area contributed by atoms with Crippen LogP contribution in [0.3, 0.4) is 0 Å². The molecule has 0 aliphatic carbocycles. The van der Waals surface area contributed by atoms with Crippen molar-refractivity contribution in [3.8, 4) is 5.75 Å². The molecule has 7 nitrogen and oxygen atoms in total. The van der Waals surface area contributed by atoms with Gasteiger partial charge < -0.3 is 9.15 Å². The number of hydrogen-bond acceptors (Lipinski definition) is 6. The lowest BCUT2D eigenvalue weighted by Gasteiger charge is -2.06. The van der Waals surface area contributed by atoms with E-state index in [9.17, 15) is 9.59 Å². The van der Waals surface area contributed by atoms with E-state index < -0.39 is 5.91 Å². The lowest BCUT2D eigenvalue weighted by Crippen LogP contribution is -2.41. The van der Waals surface area contributed by atoms with Crippen LogP contribution in [0.4, 0.5) is 0 Å². The number of ether oxygens (including phenoxy) is 1. The Morgan fingerprint density at radius 3 is 2.82 bits per heavy atom. The highest BCUT2D eigenvalue weighted by atomic mass is 32.2. The van der Waals surface area contributed by atoms with Crippen LogP contribution < -0.4 is 15.6 Å². The Labute approximate surface area is 166 Å². The van der Waals surface area contributed by atoms with Crippen LogP contribution in [0.25, 0.3) is 17.2 Å². The van der Waals surface area contributed by atoms with Gasteiger partial charge in [0.2, 0.25) is 5.91 Å². The molecule has 0 saturated heterocycles. The van der Waals surface area contributed by atoms with Crippen molar-refractivity contribution >= 4 is 40.8 Å². The van der Waals surface area contributed by atoms with Crippen molar-refractivity contribution in [1.29, 1.82) is 0 Å². The molecule has 3 rings (SSSR count). The van der Waals surface area contributed by atoms with Gasteiger partial charge in [0, 0.05) is 11.6 Å². The zero-order chi connectivity index (χ0) is 19.9. The molecule has 1 aromatic heterocycles. The van der Waals surface area contributed by atoms with E-state index in [-0.39, 0.29) is 11.7 Å². The SMILES string of the molecule is COc1ccc(C)cc1/C=C/C(=O)NNC(=O)CSc1nc2ccccc2o1. The Morgan fingerprint density at radius 1 is 1.21 bits per heavy atom. The third kappa shape index (κ3) is 5.14. The molecule has 3 aromatic rings. The van der Waals surface area contributed by atoms with Crippen LogP contribution in [0.2, 0.25) is 0 Å². The molecule has 1 heterocycles. The molecule has 0 radical (unpaired) electrons. The van der Waals surface area contributed by atoms with Crippen molar-refractivity contribution in [2.24, 2.45) is 0 Å². The van der Waals surface area contributed by atoms with Gasteiger partial charge in [0.05, 0.1) is 12.9 Å². The number of methoxy groups -OCH3 is 1.